The Balaban J connectivity index is 1.88. The first-order valence-electron chi connectivity index (χ1n) is 9.24. The van der Waals surface area contributed by atoms with Crippen molar-refractivity contribution in [1.82, 2.24) is 15.2 Å². The fourth-order valence-corrected chi connectivity index (χ4v) is 3.73. The highest BCUT2D eigenvalue weighted by molar-refractivity contribution is 7.11. The van der Waals surface area contributed by atoms with Gasteiger partial charge in [0.05, 0.1) is 30.9 Å². The van der Waals surface area contributed by atoms with E-state index in [4.69, 9.17) is 9.47 Å². The second kappa shape index (κ2) is 9.01. The fourth-order valence-electron chi connectivity index (χ4n) is 3.07. The zero-order valence-electron chi connectivity index (χ0n) is 16.2. The van der Waals surface area contributed by atoms with Crippen molar-refractivity contribution in [3.05, 3.63) is 40.0 Å². The molecular formula is C19H24N4O4S. The summed E-state index contributed by atoms with van der Waals surface area (Å²) in [5, 5.41) is 5.53. The Labute approximate surface area is 167 Å². The van der Waals surface area contributed by atoms with Crippen LogP contribution in [0.15, 0.2) is 40.0 Å². The SMILES string of the molecule is CCOC(=O)C1=C2CC(NC(=O)OC(C)C)C=CCN2C(c2nccs2)=NC1. The predicted octanol–water partition coefficient (Wildman–Crippen LogP) is 2.49. The summed E-state index contributed by atoms with van der Waals surface area (Å²) < 4.78 is 10.4. The Hall–Kier alpha value is -2.68. The average Bonchev–Trinajstić information content (AvgIpc) is 3.08. The number of hydrogen-bond donors (Lipinski definition) is 1. The molecule has 0 radical (unpaired) electrons. The van der Waals surface area contributed by atoms with Gasteiger partial charge in [0.2, 0.25) is 0 Å². The summed E-state index contributed by atoms with van der Waals surface area (Å²) in [5.74, 6) is 0.350. The maximum absolute atomic E-state index is 12.5. The van der Waals surface area contributed by atoms with E-state index in [-0.39, 0.29) is 24.7 Å². The number of amides is 1. The molecule has 1 amide bonds. The van der Waals surface area contributed by atoms with Crippen molar-refractivity contribution in [3.8, 4) is 0 Å². The molecule has 2 aliphatic rings. The number of thiazole rings is 1. The molecule has 3 rings (SSSR count). The number of carbonyl (C=O) groups excluding carboxylic acids is 2. The van der Waals surface area contributed by atoms with Gasteiger partial charge in [-0.3, -0.25) is 4.99 Å². The normalized spacial score (nSPS) is 19.1. The zero-order valence-corrected chi connectivity index (χ0v) is 17.0. The van der Waals surface area contributed by atoms with Gasteiger partial charge in [-0.25, -0.2) is 14.6 Å². The van der Waals surface area contributed by atoms with Crippen molar-refractivity contribution in [3.63, 3.8) is 0 Å². The van der Waals surface area contributed by atoms with Crippen LogP contribution in [0.25, 0.3) is 0 Å². The highest BCUT2D eigenvalue weighted by atomic mass is 32.1. The summed E-state index contributed by atoms with van der Waals surface area (Å²) in [6.07, 6.45) is 5.33. The van der Waals surface area contributed by atoms with Gasteiger partial charge in [-0.1, -0.05) is 12.2 Å². The molecule has 150 valence electrons. The van der Waals surface area contributed by atoms with E-state index in [1.807, 2.05) is 22.4 Å². The van der Waals surface area contributed by atoms with Gasteiger partial charge in [0, 0.05) is 30.2 Å². The summed E-state index contributed by atoms with van der Waals surface area (Å²) in [6, 6.07) is -0.300. The monoisotopic (exact) mass is 404 g/mol. The molecule has 0 bridgehead atoms. The molecule has 0 aromatic carbocycles. The summed E-state index contributed by atoms with van der Waals surface area (Å²) in [6.45, 7) is 6.40. The first-order chi connectivity index (χ1) is 13.5. The third kappa shape index (κ3) is 4.59. The summed E-state index contributed by atoms with van der Waals surface area (Å²) in [7, 11) is 0. The zero-order chi connectivity index (χ0) is 20.1. The van der Waals surface area contributed by atoms with Gasteiger partial charge in [-0.05, 0) is 20.8 Å². The number of nitrogens with zero attached hydrogens (tertiary/aromatic N) is 3. The van der Waals surface area contributed by atoms with E-state index in [2.05, 4.69) is 15.3 Å². The molecule has 1 aromatic heterocycles. The Morgan fingerprint density at radius 1 is 1.43 bits per heavy atom. The van der Waals surface area contributed by atoms with Gasteiger partial charge in [0.15, 0.2) is 10.8 Å². The largest absolute Gasteiger partial charge is 0.463 e. The Morgan fingerprint density at radius 2 is 2.25 bits per heavy atom. The molecular weight excluding hydrogens is 380 g/mol. The van der Waals surface area contributed by atoms with E-state index in [9.17, 15) is 9.59 Å². The topological polar surface area (TPSA) is 93.1 Å². The molecule has 0 aliphatic carbocycles. The second-order valence-electron chi connectivity index (χ2n) is 6.57. The smallest absolute Gasteiger partial charge is 0.407 e. The number of carbonyl (C=O) groups is 2. The van der Waals surface area contributed by atoms with Crippen molar-refractivity contribution in [2.75, 3.05) is 19.7 Å². The van der Waals surface area contributed by atoms with Gasteiger partial charge in [-0.15, -0.1) is 11.3 Å². The number of ether oxygens (including phenoxy) is 2. The minimum Gasteiger partial charge on any atom is -0.463 e. The number of aliphatic imine (C=N–C) groups is 1. The lowest BCUT2D eigenvalue weighted by atomic mass is 10.0. The van der Waals surface area contributed by atoms with Crippen LogP contribution in [0.5, 0.6) is 0 Å². The van der Waals surface area contributed by atoms with Gasteiger partial charge in [0.1, 0.15) is 0 Å². The lowest BCUT2D eigenvalue weighted by Gasteiger charge is -2.31. The summed E-state index contributed by atoms with van der Waals surface area (Å²) in [4.78, 5) is 35.5. The van der Waals surface area contributed by atoms with Gasteiger partial charge >= 0.3 is 12.1 Å². The Morgan fingerprint density at radius 3 is 2.93 bits per heavy atom. The number of alkyl carbamates (subject to hydrolysis) is 1. The van der Waals surface area contributed by atoms with Crippen molar-refractivity contribution >= 4 is 29.2 Å². The van der Waals surface area contributed by atoms with Crippen LogP contribution < -0.4 is 5.32 Å². The number of aromatic nitrogens is 1. The molecule has 9 heteroatoms. The number of rotatable bonds is 5. The van der Waals surface area contributed by atoms with Gasteiger partial charge in [-0.2, -0.15) is 0 Å². The predicted molar refractivity (Wildman–Crippen MR) is 106 cm³/mol. The molecule has 0 spiro atoms. The minimum absolute atomic E-state index is 0.209. The van der Waals surface area contributed by atoms with E-state index in [0.29, 0.717) is 25.1 Å². The van der Waals surface area contributed by atoms with E-state index < -0.39 is 6.09 Å². The van der Waals surface area contributed by atoms with Gasteiger partial charge in [0.25, 0.3) is 0 Å². The Kier molecular flexibility index (Phi) is 6.45. The van der Waals surface area contributed by atoms with E-state index >= 15 is 0 Å². The van der Waals surface area contributed by atoms with Crippen molar-refractivity contribution in [2.24, 2.45) is 4.99 Å². The molecule has 1 unspecified atom stereocenters. The number of esters is 1. The third-order valence-corrected chi connectivity index (χ3v) is 4.95. The Bertz CT molecular complexity index is 814. The highest BCUT2D eigenvalue weighted by Crippen LogP contribution is 2.28. The van der Waals surface area contributed by atoms with Crippen LogP contribution in [0.2, 0.25) is 0 Å². The fraction of sp³-hybridized carbons (Fsp3) is 0.474. The number of fused-ring (bicyclic) bond motifs is 1. The number of nitrogens with one attached hydrogen (secondary N) is 1. The van der Waals surface area contributed by atoms with Crippen molar-refractivity contribution in [1.29, 1.82) is 0 Å². The standard InChI is InChI=1S/C19H24N4O4S/c1-4-26-18(24)14-11-21-16(17-20-7-9-28-17)23-8-5-6-13(10-15(14)23)22-19(25)27-12(2)3/h5-7,9,12-13H,4,8,10-11H2,1-3H3,(H,22,25). The van der Waals surface area contributed by atoms with Crippen LogP contribution in [-0.4, -0.2) is 59.6 Å². The molecule has 0 fully saturated rings. The quantitative estimate of drug-likeness (QED) is 0.599. The first-order valence-corrected chi connectivity index (χ1v) is 10.1. The van der Waals surface area contributed by atoms with Crippen LogP contribution in [0.4, 0.5) is 4.79 Å². The van der Waals surface area contributed by atoms with Gasteiger partial charge < -0.3 is 19.7 Å². The molecule has 1 N–H and O–H groups in total. The molecule has 0 saturated heterocycles. The minimum atomic E-state index is -0.485. The van der Waals surface area contributed by atoms with E-state index in [0.717, 1.165) is 16.5 Å². The third-order valence-electron chi connectivity index (χ3n) is 4.18. The first kappa shape index (κ1) is 20.1. The molecule has 28 heavy (non-hydrogen) atoms. The van der Waals surface area contributed by atoms with Crippen molar-refractivity contribution in [2.45, 2.75) is 39.3 Å². The highest BCUT2D eigenvalue weighted by Gasteiger charge is 2.32. The van der Waals surface area contributed by atoms with Crippen LogP contribution in [0, 0.1) is 0 Å². The second-order valence-corrected chi connectivity index (χ2v) is 7.47. The number of amidine groups is 1. The van der Waals surface area contributed by atoms with Crippen molar-refractivity contribution < 1.29 is 19.1 Å². The molecule has 0 saturated carbocycles. The van der Waals surface area contributed by atoms with Crippen LogP contribution in [-0.2, 0) is 14.3 Å². The van der Waals surface area contributed by atoms with E-state index in [1.165, 1.54) is 11.3 Å². The lowest BCUT2D eigenvalue weighted by Crippen LogP contribution is -2.40. The molecule has 8 nitrogen and oxygen atoms in total. The summed E-state index contributed by atoms with van der Waals surface area (Å²) in [5.41, 5.74) is 1.30. The van der Waals surface area contributed by atoms with E-state index in [1.54, 1.807) is 27.0 Å². The molecule has 3 heterocycles. The molecule has 2 aliphatic heterocycles. The molecule has 1 atom stereocenters. The van der Waals surface area contributed by atoms with Crippen LogP contribution in [0.3, 0.4) is 0 Å². The molecule has 1 aromatic rings. The average molecular weight is 404 g/mol. The lowest BCUT2D eigenvalue weighted by molar-refractivity contribution is -0.138. The van der Waals surface area contributed by atoms with Crippen LogP contribution in [0.1, 0.15) is 32.2 Å². The maximum Gasteiger partial charge on any atom is 0.407 e. The van der Waals surface area contributed by atoms with Crippen LogP contribution >= 0.6 is 11.3 Å². The maximum atomic E-state index is 12.5. The number of hydrogen-bond acceptors (Lipinski definition) is 8. The summed E-state index contributed by atoms with van der Waals surface area (Å²) >= 11 is 1.49.